The first-order valence-corrected chi connectivity index (χ1v) is 30.3. The Morgan fingerprint density at radius 1 is 0.211 bits per heavy atom. The van der Waals surface area contributed by atoms with Gasteiger partial charge in [-0.25, -0.2) is 0 Å². The topological polar surface area (TPSA) is 137 Å². The highest BCUT2D eigenvalue weighted by Crippen LogP contribution is 2.11. The highest BCUT2D eigenvalue weighted by molar-refractivity contribution is 6.23. The minimum absolute atomic E-state index is 0.278. The molecule has 0 N–H and O–H groups in total. The molecule has 0 aliphatic carbocycles. The van der Waals surface area contributed by atoms with E-state index in [1.54, 1.807) is 0 Å². The Morgan fingerprint density at radius 3 is 0.394 bits per heavy atom. The molecular formula is C63H124O8. The van der Waals surface area contributed by atoms with E-state index in [1.807, 2.05) is 0 Å². The van der Waals surface area contributed by atoms with Gasteiger partial charge >= 0.3 is 0 Å². The molecule has 0 aromatic heterocycles. The summed E-state index contributed by atoms with van der Waals surface area (Å²) in [5, 5.41) is 0. The summed E-state index contributed by atoms with van der Waals surface area (Å²) in [7, 11) is 0. The largest absolute Gasteiger partial charge is 0.303 e. The van der Waals surface area contributed by atoms with E-state index in [2.05, 4.69) is 41.5 Å². The normalized spacial score (nSPS) is 9.68. The molecule has 0 unspecified atom stereocenters. The molecule has 0 saturated carbocycles. The molecule has 0 amide bonds. The molecule has 71 heavy (non-hydrogen) atoms. The molecule has 0 spiro atoms. The molecule has 8 heteroatoms. The van der Waals surface area contributed by atoms with Crippen LogP contribution in [0.5, 0.6) is 0 Å². The van der Waals surface area contributed by atoms with Gasteiger partial charge in [-0.1, -0.05) is 273 Å². The van der Waals surface area contributed by atoms with Gasteiger partial charge in [0.25, 0.3) is 0 Å². The minimum atomic E-state index is -0.426. The molecule has 0 bridgehead atoms. The Morgan fingerprint density at radius 2 is 0.310 bits per heavy atom. The van der Waals surface area contributed by atoms with Crippen molar-refractivity contribution in [2.45, 2.75) is 357 Å². The van der Waals surface area contributed by atoms with E-state index in [-0.39, 0.29) is 6.29 Å². The molecule has 0 heterocycles. The summed E-state index contributed by atoms with van der Waals surface area (Å²) in [4.78, 5) is 78.2. The van der Waals surface area contributed by atoms with E-state index in [9.17, 15) is 33.6 Å². The Kier molecular flexibility index (Phi) is 112. The van der Waals surface area contributed by atoms with Crippen LogP contribution in [-0.2, 0) is 38.4 Å². The first-order chi connectivity index (χ1) is 34.8. The van der Waals surface area contributed by atoms with Gasteiger partial charge < -0.3 is 28.8 Å². The van der Waals surface area contributed by atoms with Gasteiger partial charge in [0.05, 0.1) is 0 Å². The van der Waals surface area contributed by atoms with E-state index < -0.39 is 5.78 Å². The van der Waals surface area contributed by atoms with Crippen LogP contribution in [0.4, 0.5) is 0 Å². The van der Waals surface area contributed by atoms with Gasteiger partial charge in [-0.05, 0) is 38.5 Å². The summed E-state index contributed by atoms with van der Waals surface area (Å²) in [6.45, 7) is 14.6. The molecule has 0 fully saturated rings. The van der Waals surface area contributed by atoms with Gasteiger partial charge in [0.1, 0.15) is 37.7 Å². The summed E-state index contributed by atoms with van der Waals surface area (Å²) in [6.07, 6.45) is 65.3. The molecule has 0 saturated heterocycles. The molecule has 0 aromatic carbocycles. The smallest absolute Gasteiger partial charge is 0.192 e. The molecular weight excluding hydrogens is 885 g/mol. The van der Waals surface area contributed by atoms with E-state index in [0.29, 0.717) is 0 Å². The zero-order valence-corrected chi connectivity index (χ0v) is 48.7. The van der Waals surface area contributed by atoms with Gasteiger partial charge in [0, 0.05) is 45.4 Å². The van der Waals surface area contributed by atoms with Crippen LogP contribution in [0.1, 0.15) is 357 Å². The monoisotopic (exact) mass is 1010 g/mol. The third-order valence-corrected chi connectivity index (χ3v) is 11.7. The molecule has 0 aromatic rings. The SMILES string of the molecule is CC(=O)C=O.CCCCCCCCCC=O.CCCCCCCCCC=O.CCCCCCCCCC=O.CCCCCCCCCC=O.CCCCCCCCCC=O.CCCCCCCCCC=O. The number of rotatable bonds is 49. The first-order valence-electron chi connectivity index (χ1n) is 30.3. The maximum absolute atomic E-state index is 9.94. The van der Waals surface area contributed by atoms with Gasteiger partial charge in [0.15, 0.2) is 12.1 Å². The highest BCUT2D eigenvalue weighted by atomic mass is 16.2. The van der Waals surface area contributed by atoms with Crippen LogP contribution < -0.4 is 0 Å². The number of unbranched alkanes of at least 4 members (excludes halogenated alkanes) is 42. The van der Waals surface area contributed by atoms with Crippen LogP contribution in [-0.4, -0.2) is 49.8 Å². The van der Waals surface area contributed by atoms with Gasteiger partial charge in [-0.15, -0.1) is 0 Å². The number of hydrogen-bond acceptors (Lipinski definition) is 8. The quantitative estimate of drug-likeness (QED) is 0.0334. The zero-order chi connectivity index (χ0) is 54.5. The molecule has 0 aliphatic heterocycles. The van der Waals surface area contributed by atoms with Crippen molar-refractivity contribution < 1.29 is 38.4 Å². The number of Topliss-reactive ketones (excluding diaryl/α,β-unsaturated/α-hetero) is 1. The summed E-state index contributed by atoms with van der Waals surface area (Å²) in [5.74, 6) is -0.426. The summed E-state index contributed by atoms with van der Waals surface area (Å²) in [6, 6.07) is 0. The van der Waals surface area contributed by atoms with Crippen molar-refractivity contribution in [1.82, 2.24) is 0 Å². The predicted octanol–water partition coefficient (Wildman–Crippen LogP) is 19.7. The van der Waals surface area contributed by atoms with Crippen LogP contribution in [0.15, 0.2) is 0 Å². The average Bonchev–Trinajstić information content (AvgIpc) is 3.38. The molecule has 0 radical (unpaired) electrons. The predicted molar refractivity (Wildman–Crippen MR) is 309 cm³/mol. The maximum atomic E-state index is 9.94. The number of carbonyl (C=O) groups is 8. The van der Waals surface area contributed by atoms with Crippen LogP contribution in [0, 0.1) is 0 Å². The fraction of sp³-hybridized carbons (Fsp3) is 0.873. The zero-order valence-electron chi connectivity index (χ0n) is 48.7. The van der Waals surface area contributed by atoms with Crippen molar-refractivity contribution in [1.29, 1.82) is 0 Å². The van der Waals surface area contributed by atoms with Crippen LogP contribution in [0.25, 0.3) is 0 Å². The fourth-order valence-corrected chi connectivity index (χ4v) is 7.11. The number of carbonyl (C=O) groups excluding carboxylic acids is 8. The third kappa shape index (κ3) is 128. The summed E-state index contributed by atoms with van der Waals surface area (Å²) < 4.78 is 0. The molecule has 424 valence electrons. The number of ketones is 1. The Labute approximate surface area is 443 Å². The Hall–Kier alpha value is -2.64. The van der Waals surface area contributed by atoms with E-state index in [0.717, 1.165) is 115 Å². The van der Waals surface area contributed by atoms with Crippen molar-refractivity contribution in [3.8, 4) is 0 Å². The second-order valence-electron chi connectivity index (χ2n) is 19.2. The second kappa shape index (κ2) is 96.8. The van der Waals surface area contributed by atoms with Crippen LogP contribution in [0.2, 0.25) is 0 Å². The second-order valence-corrected chi connectivity index (χ2v) is 19.2. The van der Waals surface area contributed by atoms with Crippen molar-refractivity contribution in [3.05, 3.63) is 0 Å². The van der Waals surface area contributed by atoms with Gasteiger partial charge in [-0.2, -0.15) is 0 Å². The number of hydrogen-bond donors (Lipinski definition) is 0. The maximum Gasteiger partial charge on any atom is 0.192 e. The standard InChI is InChI=1S/6C10H20O.C3H4O2/c6*1-2-3-4-5-6-7-8-9-10-11;1-3(5)2-4/h6*10H,2-9H2,1H3;2H,1H3. The molecule has 0 atom stereocenters. The lowest BCUT2D eigenvalue weighted by atomic mass is 10.1. The summed E-state index contributed by atoms with van der Waals surface area (Å²) in [5.41, 5.74) is 0. The Bertz CT molecular complexity index is 782. The van der Waals surface area contributed by atoms with Crippen LogP contribution >= 0.6 is 0 Å². The third-order valence-electron chi connectivity index (χ3n) is 11.7. The van der Waals surface area contributed by atoms with E-state index in [1.165, 1.54) is 238 Å². The minimum Gasteiger partial charge on any atom is -0.303 e. The van der Waals surface area contributed by atoms with E-state index >= 15 is 0 Å². The van der Waals surface area contributed by atoms with Crippen molar-refractivity contribution in [2.75, 3.05) is 0 Å². The average molecular weight is 1010 g/mol. The lowest BCUT2D eigenvalue weighted by molar-refractivity contribution is -0.128. The first kappa shape index (κ1) is 82.4. The van der Waals surface area contributed by atoms with Gasteiger partial charge in [-0.3, -0.25) is 9.59 Å². The summed E-state index contributed by atoms with van der Waals surface area (Å²) >= 11 is 0. The van der Waals surface area contributed by atoms with Crippen molar-refractivity contribution in [2.24, 2.45) is 0 Å². The lowest BCUT2D eigenvalue weighted by Gasteiger charge is -1.97. The Balaban J connectivity index is -0.000000136. The highest BCUT2D eigenvalue weighted by Gasteiger charge is 1.93. The van der Waals surface area contributed by atoms with Crippen LogP contribution in [0.3, 0.4) is 0 Å². The van der Waals surface area contributed by atoms with Crippen molar-refractivity contribution >= 4 is 49.8 Å². The molecule has 0 aliphatic rings. The molecule has 8 nitrogen and oxygen atoms in total. The lowest BCUT2D eigenvalue weighted by Crippen LogP contribution is -1.85. The molecule has 0 rings (SSSR count). The number of aldehydes is 7. The fourth-order valence-electron chi connectivity index (χ4n) is 7.11. The van der Waals surface area contributed by atoms with Gasteiger partial charge in [0.2, 0.25) is 0 Å². The van der Waals surface area contributed by atoms with E-state index in [4.69, 9.17) is 4.79 Å². The van der Waals surface area contributed by atoms with Crippen molar-refractivity contribution in [3.63, 3.8) is 0 Å².